The van der Waals surface area contributed by atoms with E-state index in [0.717, 1.165) is 11.6 Å². The number of hydrogen-bond donors (Lipinski definition) is 1. The Morgan fingerprint density at radius 3 is 2.88 bits per heavy atom. The molecule has 1 saturated heterocycles. The van der Waals surface area contributed by atoms with E-state index in [-0.39, 0.29) is 0 Å². The van der Waals surface area contributed by atoms with Crippen LogP contribution in [-0.4, -0.2) is 28.6 Å². The maximum absolute atomic E-state index is 4.36. The van der Waals surface area contributed by atoms with E-state index in [1.165, 1.54) is 43.1 Å². The molecule has 1 aromatic heterocycles. The number of hydrogen-bond acceptors (Lipinski definition) is 3. The summed E-state index contributed by atoms with van der Waals surface area (Å²) in [5, 5.41) is 9.07. The number of rotatable bonds is 4. The summed E-state index contributed by atoms with van der Waals surface area (Å²) in [6.07, 6.45) is 4.05. The number of aromatic nitrogens is 2. The Kier molecular flexibility index (Phi) is 4.29. The third-order valence-corrected chi connectivity index (χ3v) is 4.31. The van der Waals surface area contributed by atoms with E-state index in [0.29, 0.717) is 0 Å². The topological polar surface area (TPSA) is 29.9 Å². The summed E-state index contributed by atoms with van der Waals surface area (Å²) in [6, 6.07) is 2.17. The van der Waals surface area contributed by atoms with Gasteiger partial charge in [0.15, 0.2) is 0 Å². The lowest BCUT2D eigenvalue weighted by Crippen LogP contribution is -2.27. The molecule has 90 valence electrons. The third-order valence-electron chi connectivity index (χ3n) is 3.19. The number of nitrogens with one attached hydrogen (secondary N) is 1. The SMILES string of the molecule is Cc1cc(SCCC2CCNCC2)n(C)n1. The molecule has 0 radical (unpaired) electrons. The first kappa shape index (κ1) is 12.0. The minimum Gasteiger partial charge on any atom is -0.317 e. The van der Waals surface area contributed by atoms with Crippen molar-refractivity contribution >= 4 is 11.8 Å². The number of aryl methyl sites for hydroxylation is 2. The fraction of sp³-hybridized carbons (Fsp3) is 0.750. The minimum absolute atomic E-state index is 0.933. The largest absolute Gasteiger partial charge is 0.317 e. The van der Waals surface area contributed by atoms with Gasteiger partial charge >= 0.3 is 0 Å². The van der Waals surface area contributed by atoms with E-state index >= 15 is 0 Å². The van der Waals surface area contributed by atoms with Crippen molar-refractivity contribution in [1.82, 2.24) is 15.1 Å². The minimum atomic E-state index is 0.933. The Morgan fingerprint density at radius 2 is 2.25 bits per heavy atom. The first-order valence-electron chi connectivity index (χ1n) is 6.10. The van der Waals surface area contributed by atoms with Gasteiger partial charge in [0.1, 0.15) is 0 Å². The van der Waals surface area contributed by atoms with Crippen LogP contribution in [0.15, 0.2) is 11.1 Å². The van der Waals surface area contributed by atoms with Gasteiger partial charge < -0.3 is 5.32 Å². The Labute approximate surface area is 102 Å². The lowest BCUT2D eigenvalue weighted by Gasteiger charge is -2.22. The van der Waals surface area contributed by atoms with Crippen LogP contribution in [-0.2, 0) is 7.05 Å². The van der Waals surface area contributed by atoms with Crippen LogP contribution in [0.5, 0.6) is 0 Å². The average Bonchev–Trinajstić information content (AvgIpc) is 2.59. The maximum Gasteiger partial charge on any atom is 0.0939 e. The van der Waals surface area contributed by atoms with Crippen LogP contribution < -0.4 is 5.32 Å². The average molecular weight is 239 g/mol. The van der Waals surface area contributed by atoms with Crippen LogP contribution in [0.4, 0.5) is 0 Å². The molecule has 0 amide bonds. The lowest BCUT2D eigenvalue weighted by molar-refractivity contribution is 0.367. The molecule has 0 aliphatic carbocycles. The van der Waals surface area contributed by atoms with Crippen LogP contribution in [0, 0.1) is 12.8 Å². The lowest BCUT2D eigenvalue weighted by atomic mass is 9.96. The van der Waals surface area contributed by atoms with Crippen molar-refractivity contribution in [3.63, 3.8) is 0 Å². The van der Waals surface area contributed by atoms with Crippen LogP contribution in [0.3, 0.4) is 0 Å². The molecule has 0 bridgehead atoms. The Bertz CT molecular complexity index is 329. The van der Waals surface area contributed by atoms with E-state index in [1.807, 2.05) is 23.5 Å². The Hall–Kier alpha value is -0.480. The van der Waals surface area contributed by atoms with Crippen molar-refractivity contribution in [1.29, 1.82) is 0 Å². The number of piperidine rings is 1. The molecule has 1 fully saturated rings. The first-order chi connectivity index (χ1) is 7.75. The second-order valence-corrected chi connectivity index (χ2v) is 5.69. The number of thioether (sulfide) groups is 1. The van der Waals surface area contributed by atoms with Gasteiger partial charge in [0.2, 0.25) is 0 Å². The summed E-state index contributed by atoms with van der Waals surface area (Å²) < 4.78 is 1.99. The zero-order chi connectivity index (χ0) is 11.4. The van der Waals surface area contributed by atoms with Crippen molar-refractivity contribution in [2.45, 2.75) is 31.2 Å². The second-order valence-electron chi connectivity index (χ2n) is 4.58. The molecule has 1 aliphatic rings. The molecule has 0 saturated carbocycles. The van der Waals surface area contributed by atoms with Gasteiger partial charge in [-0.2, -0.15) is 5.10 Å². The summed E-state index contributed by atoms with van der Waals surface area (Å²) >= 11 is 1.94. The first-order valence-corrected chi connectivity index (χ1v) is 7.08. The molecule has 2 rings (SSSR count). The highest BCUT2D eigenvalue weighted by Crippen LogP contribution is 2.23. The van der Waals surface area contributed by atoms with Crippen molar-refractivity contribution < 1.29 is 0 Å². The molecule has 0 spiro atoms. The van der Waals surface area contributed by atoms with Gasteiger partial charge in [0.25, 0.3) is 0 Å². The molecular weight excluding hydrogens is 218 g/mol. The molecule has 1 aromatic rings. The monoisotopic (exact) mass is 239 g/mol. The van der Waals surface area contributed by atoms with Crippen molar-refractivity contribution in [3.05, 3.63) is 11.8 Å². The molecule has 0 unspecified atom stereocenters. The summed E-state index contributed by atoms with van der Waals surface area (Å²) in [6.45, 7) is 4.47. The molecule has 0 atom stereocenters. The molecule has 1 aliphatic heterocycles. The summed E-state index contributed by atoms with van der Waals surface area (Å²) in [4.78, 5) is 0. The molecular formula is C12H21N3S. The predicted octanol–water partition coefficient (Wildman–Crippen LogP) is 2.21. The summed E-state index contributed by atoms with van der Waals surface area (Å²) in [5.74, 6) is 2.16. The molecule has 0 aromatic carbocycles. The van der Waals surface area contributed by atoms with E-state index in [2.05, 4.69) is 23.4 Å². The predicted molar refractivity (Wildman–Crippen MR) is 68.9 cm³/mol. The van der Waals surface area contributed by atoms with Gasteiger partial charge in [-0.25, -0.2) is 0 Å². The van der Waals surface area contributed by atoms with Gasteiger partial charge in [-0.3, -0.25) is 4.68 Å². The van der Waals surface area contributed by atoms with Crippen molar-refractivity contribution in [2.24, 2.45) is 13.0 Å². The Balaban J connectivity index is 1.73. The van der Waals surface area contributed by atoms with Crippen LogP contribution in [0.2, 0.25) is 0 Å². The van der Waals surface area contributed by atoms with E-state index in [9.17, 15) is 0 Å². The molecule has 16 heavy (non-hydrogen) atoms. The highest BCUT2D eigenvalue weighted by Gasteiger charge is 2.13. The van der Waals surface area contributed by atoms with Gasteiger partial charge in [-0.1, -0.05) is 0 Å². The molecule has 3 nitrogen and oxygen atoms in total. The van der Waals surface area contributed by atoms with Gasteiger partial charge in [-0.15, -0.1) is 11.8 Å². The van der Waals surface area contributed by atoms with E-state index in [1.54, 1.807) is 0 Å². The zero-order valence-electron chi connectivity index (χ0n) is 10.2. The zero-order valence-corrected chi connectivity index (χ0v) is 11.0. The van der Waals surface area contributed by atoms with Crippen LogP contribution >= 0.6 is 11.8 Å². The van der Waals surface area contributed by atoms with Gasteiger partial charge in [0, 0.05) is 7.05 Å². The molecule has 4 heteroatoms. The fourth-order valence-corrected chi connectivity index (χ4v) is 3.36. The van der Waals surface area contributed by atoms with E-state index < -0.39 is 0 Å². The van der Waals surface area contributed by atoms with Gasteiger partial charge in [-0.05, 0) is 57.0 Å². The quantitative estimate of drug-likeness (QED) is 0.817. The maximum atomic E-state index is 4.36. The van der Waals surface area contributed by atoms with E-state index in [4.69, 9.17) is 0 Å². The fourth-order valence-electron chi connectivity index (χ4n) is 2.22. The van der Waals surface area contributed by atoms with Crippen molar-refractivity contribution in [2.75, 3.05) is 18.8 Å². The number of nitrogens with zero attached hydrogens (tertiary/aromatic N) is 2. The highest BCUT2D eigenvalue weighted by molar-refractivity contribution is 7.99. The molecule has 2 heterocycles. The Morgan fingerprint density at radius 1 is 1.50 bits per heavy atom. The third kappa shape index (κ3) is 3.25. The normalized spacial score (nSPS) is 17.9. The van der Waals surface area contributed by atoms with Crippen LogP contribution in [0.25, 0.3) is 0 Å². The second kappa shape index (κ2) is 5.73. The molecule has 1 N–H and O–H groups in total. The van der Waals surface area contributed by atoms with Gasteiger partial charge in [0.05, 0.1) is 10.7 Å². The summed E-state index contributed by atoms with van der Waals surface area (Å²) in [7, 11) is 2.03. The van der Waals surface area contributed by atoms with Crippen LogP contribution in [0.1, 0.15) is 25.0 Å². The summed E-state index contributed by atoms with van der Waals surface area (Å²) in [5.41, 5.74) is 1.12. The smallest absolute Gasteiger partial charge is 0.0939 e. The highest BCUT2D eigenvalue weighted by atomic mass is 32.2. The van der Waals surface area contributed by atoms with Crippen molar-refractivity contribution in [3.8, 4) is 0 Å². The standard InChI is InChI=1S/C12H21N3S/c1-10-9-12(15(2)14-10)16-8-5-11-3-6-13-7-4-11/h9,11,13H,3-8H2,1-2H3.